The van der Waals surface area contributed by atoms with Gasteiger partial charge in [0.2, 0.25) is 0 Å². The van der Waals surface area contributed by atoms with Gasteiger partial charge in [-0.15, -0.1) is 0 Å². The lowest BCUT2D eigenvalue weighted by Crippen LogP contribution is -2.25. The Morgan fingerprint density at radius 3 is 2.73 bits per heavy atom. The molecule has 1 aromatic rings. The van der Waals surface area contributed by atoms with E-state index in [4.69, 9.17) is 11.6 Å². The molecule has 1 aliphatic rings. The van der Waals surface area contributed by atoms with E-state index in [1.54, 1.807) is 0 Å². The summed E-state index contributed by atoms with van der Waals surface area (Å²) in [5.41, 5.74) is 2.44. The zero-order valence-electron chi connectivity index (χ0n) is 9.22. The van der Waals surface area contributed by atoms with Crippen LogP contribution < -0.4 is 5.32 Å². The van der Waals surface area contributed by atoms with E-state index in [-0.39, 0.29) is 0 Å². The minimum absolute atomic E-state index is 0.727. The van der Waals surface area contributed by atoms with Gasteiger partial charge in [0, 0.05) is 17.6 Å². The fourth-order valence-corrected chi connectivity index (χ4v) is 2.34. The Morgan fingerprint density at radius 1 is 1.33 bits per heavy atom. The van der Waals surface area contributed by atoms with Crippen LogP contribution in [0, 0.1) is 6.92 Å². The molecule has 1 aromatic carbocycles. The van der Waals surface area contributed by atoms with Crippen LogP contribution in [0.2, 0.25) is 5.02 Å². The topological polar surface area (TPSA) is 12.0 Å². The first-order valence-electron chi connectivity index (χ1n) is 5.74. The number of halogens is 1. The van der Waals surface area contributed by atoms with E-state index in [1.165, 1.54) is 31.2 Å². The molecule has 0 radical (unpaired) electrons. The molecule has 2 rings (SSSR count). The molecule has 15 heavy (non-hydrogen) atoms. The van der Waals surface area contributed by atoms with Crippen LogP contribution in [0.1, 0.15) is 36.8 Å². The van der Waals surface area contributed by atoms with Gasteiger partial charge in [-0.3, -0.25) is 0 Å². The summed E-state index contributed by atoms with van der Waals surface area (Å²) in [7, 11) is 0. The average molecular weight is 224 g/mol. The van der Waals surface area contributed by atoms with Crippen LogP contribution in [0.5, 0.6) is 0 Å². The van der Waals surface area contributed by atoms with Gasteiger partial charge in [0.1, 0.15) is 0 Å². The Hall–Kier alpha value is -0.530. The molecule has 1 nitrogen and oxygen atoms in total. The fraction of sp³-hybridized carbons (Fsp3) is 0.538. The smallest absolute Gasteiger partial charge is 0.0438 e. The SMILES string of the molecule is Cc1ccc(CNC2CCCC2)cc1Cl. The highest BCUT2D eigenvalue weighted by molar-refractivity contribution is 6.31. The molecule has 0 bridgehead atoms. The molecule has 0 spiro atoms. The van der Waals surface area contributed by atoms with Crippen LogP contribution in [0.3, 0.4) is 0 Å². The van der Waals surface area contributed by atoms with Crippen molar-refractivity contribution in [3.63, 3.8) is 0 Å². The maximum absolute atomic E-state index is 6.08. The predicted molar refractivity (Wildman–Crippen MR) is 65.3 cm³/mol. The fourth-order valence-electron chi connectivity index (χ4n) is 2.14. The third kappa shape index (κ3) is 2.96. The first kappa shape index (κ1) is 11.0. The molecule has 0 heterocycles. The molecule has 0 atom stereocenters. The maximum atomic E-state index is 6.08. The minimum atomic E-state index is 0.727. The average Bonchev–Trinajstić information content (AvgIpc) is 2.73. The zero-order chi connectivity index (χ0) is 10.7. The third-order valence-electron chi connectivity index (χ3n) is 3.19. The molecular weight excluding hydrogens is 206 g/mol. The molecule has 1 fully saturated rings. The van der Waals surface area contributed by atoms with Crippen molar-refractivity contribution < 1.29 is 0 Å². The molecule has 1 aliphatic carbocycles. The Labute approximate surface area is 96.8 Å². The van der Waals surface area contributed by atoms with E-state index in [2.05, 4.69) is 23.5 Å². The van der Waals surface area contributed by atoms with Crippen molar-refractivity contribution in [1.82, 2.24) is 5.32 Å². The van der Waals surface area contributed by atoms with Gasteiger partial charge in [-0.25, -0.2) is 0 Å². The van der Waals surface area contributed by atoms with E-state index in [0.29, 0.717) is 0 Å². The van der Waals surface area contributed by atoms with Crippen molar-refractivity contribution >= 4 is 11.6 Å². The molecular formula is C13H18ClN. The normalized spacial score (nSPS) is 17.2. The van der Waals surface area contributed by atoms with Crippen LogP contribution in [0.15, 0.2) is 18.2 Å². The van der Waals surface area contributed by atoms with Crippen LogP contribution >= 0.6 is 11.6 Å². The number of rotatable bonds is 3. The molecule has 0 saturated heterocycles. The summed E-state index contributed by atoms with van der Waals surface area (Å²) < 4.78 is 0. The molecule has 1 N–H and O–H groups in total. The van der Waals surface area contributed by atoms with Crippen molar-refractivity contribution in [2.75, 3.05) is 0 Å². The standard InChI is InChI=1S/C13H18ClN/c1-10-6-7-11(8-13(10)14)9-15-12-4-2-3-5-12/h6-8,12,15H,2-5,9H2,1H3. The molecule has 0 aromatic heterocycles. The Balaban J connectivity index is 1.90. The van der Waals surface area contributed by atoms with Gasteiger partial charge in [-0.2, -0.15) is 0 Å². The van der Waals surface area contributed by atoms with E-state index < -0.39 is 0 Å². The number of benzene rings is 1. The van der Waals surface area contributed by atoms with Gasteiger partial charge in [0.25, 0.3) is 0 Å². The summed E-state index contributed by atoms with van der Waals surface area (Å²) in [5, 5.41) is 4.46. The quantitative estimate of drug-likeness (QED) is 0.825. The predicted octanol–water partition coefficient (Wildman–Crippen LogP) is 3.68. The molecule has 2 heteroatoms. The van der Waals surface area contributed by atoms with E-state index >= 15 is 0 Å². The number of hydrogen-bond acceptors (Lipinski definition) is 1. The van der Waals surface area contributed by atoms with Gasteiger partial charge < -0.3 is 5.32 Å². The highest BCUT2D eigenvalue weighted by Gasteiger charge is 2.13. The van der Waals surface area contributed by atoms with Gasteiger partial charge >= 0.3 is 0 Å². The molecule has 82 valence electrons. The lowest BCUT2D eigenvalue weighted by Gasteiger charge is -2.12. The highest BCUT2D eigenvalue weighted by Crippen LogP contribution is 2.19. The third-order valence-corrected chi connectivity index (χ3v) is 3.59. The lowest BCUT2D eigenvalue weighted by molar-refractivity contribution is 0.524. The summed E-state index contributed by atoms with van der Waals surface area (Å²) in [6.07, 6.45) is 5.43. The summed E-state index contributed by atoms with van der Waals surface area (Å²) in [6, 6.07) is 7.04. The summed E-state index contributed by atoms with van der Waals surface area (Å²) in [6.45, 7) is 2.99. The van der Waals surface area contributed by atoms with Crippen LogP contribution in [0.25, 0.3) is 0 Å². The first-order valence-corrected chi connectivity index (χ1v) is 6.12. The second-order valence-electron chi connectivity index (χ2n) is 4.45. The van der Waals surface area contributed by atoms with Crippen molar-refractivity contribution in [3.8, 4) is 0 Å². The van der Waals surface area contributed by atoms with E-state index in [1.807, 2.05) is 6.92 Å². The lowest BCUT2D eigenvalue weighted by atomic mass is 10.1. The minimum Gasteiger partial charge on any atom is -0.310 e. The Bertz CT molecular complexity index is 329. The molecule has 0 amide bonds. The summed E-state index contributed by atoms with van der Waals surface area (Å²) in [5.74, 6) is 0. The largest absolute Gasteiger partial charge is 0.310 e. The molecule has 0 aliphatic heterocycles. The summed E-state index contributed by atoms with van der Waals surface area (Å²) in [4.78, 5) is 0. The number of nitrogens with one attached hydrogen (secondary N) is 1. The zero-order valence-corrected chi connectivity index (χ0v) is 9.98. The van der Waals surface area contributed by atoms with Crippen LogP contribution in [-0.4, -0.2) is 6.04 Å². The first-order chi connectivity index (χ1) is 7.25. The van der Waals surface area contributed by atoms with Crippen molar-refractivity contribution in [1.29, 1.82) is 0 Å². The maximum Gasteiger partial charge on any atom is 0.0438 e. The van der Waals surface area contributed by atoms with Gasteiger partial charge in [0.15, 0.2) is 0 Å². The highest BCUT2D eigenvalue weighted by atomic mass is 35.5. The second kappa shape index (κ2) is 5.00. The van der Waals surface area contributed by atoms with Crippen LogP contribution in [-0.2, 0) is 6.54 Å². The number of aryl methyl sites for hydroxylation is 1. The van der Waals surface area contributed by atoms with Gasteiger partial charge in [0.05, 0.1) is 0 Å². The molecule has 0 unspecified atom stereocenters. The monoisotopic (exact) mass is 223 g/mol. The van der Waals surface area contributed by atoms with Crippen molar-refractivity contribution in [3.05, 3.63) is 34.3 Å². The summed E-state index contributed by atoms with van der Waals surface area (Å²) >= 11 is 6.08. The second-order valence-corrected chi connectivity index (χ2v) is 4.85. The van der Waals surface area contributed by atoms with E-state index in [0.717, 1.165) is 23.2 Å². The molecule has 1 saturated carbocycles. The van der Waals surface area contributed by atoms with Gasteiger partial charge in [-0.05, 0) is 37.0 Å². The van der Waals surface area contributed by atoms with Crippen molar-refractivity contribution in [2.45, 2.75) is 45.2 Å². The Morgan fingerprint density at radius 2 is 2.07 bits per heavy atom. The van der Waals surface area contributed by atoms with Gasteiger partial charge in [-0.1, -0.05) is 36.6 Å². The van der Waals surface area contributed by atoms with Crippen molar-refractivity contribution in [2.24, 2.45) is 0 Å². The van der Waals surface area contributed by atoms with E-state index in [9.17, 15) is 0 Å². The Kier molecular flexibility index (Phi) is 3.66. The van der Waals surface area contributed by atoms with Crippen LogP contribution in [0.4, 0.5) is 0 Å². The number of hydrogen-bond donors (Lipinski definition) is 1.